The number of nitrogens with two attached hydrogens (primary N) is 1. The second kappa shape index (κ2) is 5.32. The first-order valence-corrected chi connectivity index (χ1v) is 6.05. The summed E-state index contributed by atoms with van der Waals surface area (Å²) in [7, 11) is 5.22. The molecular weight excluding hydrogens is 242 g/mol. The molecule has 0 aliphatic rings. The first-order valence-electron chi connectivity index (χ1n) is 6.05. The second-order valence-corrected chi connectivity index (χ2v) is 4.38. The molecule has 0 radical (unpaired) electrons. The van der Waals surface area contributed by atoms with Crippen molar-refractivity contribution in [2.75, 3.05) is 14.2 Å². The predicted octanol–water partition coefficient (Wildman–Crippen LogP) is 1.87. The summed E-state index contributed by atoms with van der Waals surface area (Å²) in [5.74, 6) is 1.51. The highest BCUT2D eigenvalue weighted by Gasteiger charge is 2.17. The zero-order valence-electron chi connectivity index (χ0n) is 11.7. The van der Waals surface area contributed by atoms with Crippen LogP contribution in [0.2, 0.25) is 0 Å². The van der Waals surface area contributed by atoms with E-state index in [1.165, 1.54) is 0 Å². The Morgan fingerprint density at radius 2 is 2.00 bits per heavy atom. The van der Waals surface area contributed by atoms with E-state index in [1.807, 2.05) is 30.7 Å². The summed E-state index contributed by atoms with van der Waals surface area (Å²) in [4.78, 5) is 4.44. The summed E-state index contributed by atoms with van der Waals surface area (Å²) in [6.45, 7) is 2.44. The van der Waals surface area contributed by atoms with Gasteiger partial charge in [0.05, 0.1) is 31.9 Å². The summed E-state index contributed by atoms with van der Waals surface area (Å²) < 4.78 is 12.7. The molecule has 1 heterocycles. The fourth-order valence-electron chi connectivity index (χ4n) is 2.21. The molecule has 0 aliphatic carbocycles. The molecule has 19 heavy (non-hydrogen) atoms. The Morgan fingerprint density at radius 1 is 1.26 bits per heavy atom. The Balaban J connectivity index is 2.67. The molecule has 0 saturated carbocycles. The minimum Gasteiger partial charge on any atom is -0.497 e. The van der Waals surface area contributed by atoms with Crippen LogP contribution in [0.25, 0.3) is 11.3 Å². The van der Waals surface area contributed by atoms with Crippen molar-refractivity contribution in [3.05, 3.63) is 29.7 Å². The van der Waals surface area contributed by atoms with E-state index in [2.05, 4.69) is 4.98 Å². The van der Waals surface area contributed by atoms with Gasteiger partial charge in [0, 0.05) is 25.2 Å². The van der Waals surface area contributed by atoms with Crippen molar-refractivity contribution >= 4 is 0 Å². The smallest absolute Gasteiger partial charge is 0.132 e. The molecule has 0 saturated heterocycles. The molecule has 2 rings (SSSR count). The molecule has 2 N–H and O–H groups in total. The van der Waals surface area contributed by atoms with E-state index in [9.17, 15) is 0 Å². The maximum absolute atomic E-state index is 5.80. The van der Waals surface area contributed by atoms with Crippen molar-refractivity contribution in [2.45, 2.75) is 13.5 Å². The zero-order valence-corrected chi connectivity index (χ0v) is 11.7. The van der Waals surface area contributed by atoms with Crippen molar-refractivity contribution < 1.29 is 9.47 Å². The van der Waals surface area contributed by atoms with Crippen LogP contribution in [-0.2, 0) is 13.6 Å². The summed E-state index contributed by atoms with van der Waals surface area (Å²) >= 11 is 0. The topological polar surface area (TPSA) is 62.3 Å². The lowest BCUT2D eigenvalue weighted by Crippen LogP contribution is -2.05. The fraction of sp³-hybridized carbons (Fsp3) is 0.357. The lowest BCUT2D eigenvalue weighted by molar-refractivity contribution is 0.395. The van der Waals surface area contributed by atoms with Crippen LogP contribution in [-0.4, -0.2) is 23.8 Å². The Labute approximate surface area is 113 Å². The fourth-order valence-corrected chi connectivity index (χ4v) is 2.21. The van der Waals surface area contributed by atoms with E-state index in [1.54, 1.807) is 20.5 Å². The maximum Gasteiger partial charge on any atom is 0.132 e. The van der Waals surface area contributed by atoms with Crippen molar-refractivity contribution in [1.29, 1.82) is 0 Å². The third-order valence-electron chi connectivity index (χ3n) is 3.22. The van der Waals surface area contributed by atoms with E-state index in [0.717, 1.165) is 34.0 Å². The molecular formula is C14H19N3O2. The van der Waals surface area contributed by atoms with Crippen LogP contribution < -0.4 is 15.2 Å². The summed E-state index contributed by atoms with van der Waals surface area (Å²) in [6, 6.07) is 3.82. The van der Waals surface area contributed by atoms with Crippen LogP contribution >= 0.6 is 0 Å². The van der Waals surface area contributed by atoms with Crippen molar-refractivity contribution in [3.63, 3.8) is 0 Å². The Kier molecular flexibility index (Phi) is 3.76. The van der Waals surface area contributed by atoms with Gasteiger partial charge in [-0.1, -0.05) is 0 Å². The lowest BCUT2D eigenvalue weighted by atomic mass is 10.0. The third-order valence-corrected chi connectivity index (χ3v) is 3.22. The van der Waals surface area contributed by atoms with E-state index < -0.39 is 0 Å². The van der Waals surface area contributed by atoms with Gasteiger partial charge in [-0.25, -0.2) is 4.98 Å². The minimum absolute atomic E-state index is 0.431. The van der Waals surface area contributed by atoms with Gasteiger partial charge in [-0.3, -0.25) is 0 Å². The van der Waals surface area contributed by atoms with E-state index in [0.29, 0.717) is 6.54 Å². The molecule has 0 amide bonds. The molecule has 5 heteroatoms. The molecule has 102 valence electrons. The highest BCUT2D eigenvalue weighted by atomic mass is 16.5. The lowest BCUT2D eigenvalue weighted by Gasteiger charge is -2.13. The maximum atomic E-state index is 5.80. The largest absolute Gasteiger partial charge is 0.497 e. The molecule has 1 aromatic heterocycles. The molecule has 2 aromatic rings. The van der Waals surface area contributed by atoms with Crippen LogP contribution in [0.1, 0.15) is 11.3 Å². The molecule has 0 spiro atoms. The van der Waals surface area contributed by atoms with Crippen LogP contribution in [0, 0.1) is 6.92 Å². The average molecular weight is 261 g/mol. The van der Waals surface area contributed by atoms with Crippen LogP contribution in [0.3, 0.4) is 0 Å². The van der Waals surface area contributed by atoms with Gasteiger partial charge < -0.3 is 19.8 Å². The monoisotopic (exact) mass is 261 g/mol. The number of ether oxygens (including phenoxy) is 2. The molecule has 0 bridgehead atoms. The number of benzene rings is 1. The summed E-state index contributed by atoms with van der Waals surface area (Å²) in [5.41, 5.74) is 9.65. The van der Waals surface area contributed by atoms with Crippen LogP contribution in [0.5, 0.6) is 11.5 Å². The van der Waals surface area contributed by atoms with E-state index in [4.69, 9.17) is 15.2 Å². The highest BCUT2D eigenvalue weighted by molar-refractivity contribution is 5.74. The quantitative estimate of drug-likeness (QED) is 0.912. The van der Waals surface area contributed by atoms with E-state index >= 15 is 0 Å². The van der Waals surface area contributed by atoms with Gasteiger partial charge in [0.25, 0.3) is 0 Å². The van der Waals surface area contributed by atoms with Gasteiger partial charge in [0.15, 0.2) is 0 Å². The van der Waals surface area contributed by atoms with Gasteiger partial charge in [0.2, 0.25) is 0 Å². The van der Waals surface area contributed by atoms with Crippen molar-refractivity contribution in [2.24, 2.45) is 12.8 Å². The molecule has 1 aromatic carbocycles. The van der Waals surface area contributed by atoms with Gasteiger partial charge >= 0.3 is 0 Å². The highest BCUT2D eigenvalue weighted by Crippen LogP contribution is 2.37. The molecule has 0 aliphatic heterocycles. The zero-order chi connectivity index (χ0) is 14.0. The predicted molar refractivity (Wildman–Crippen MR) is 74.4 cm³/mol. The Bertz CT molecular complexity index is 591. The van der Waals surface area contributed by atoms with E-state index in [-0.39, 0.29) is 0 Å². The van der Waals surface area contributed by atoms with Gasteiger partial charge in [0.1, 0.15) is 11.5 Å². The summed E-state index contributed by atoms with van der Waals surface area (Å²) in [5, 5.41) is 0. The number of aryl methyl sites for hydroxylation is 2. The molecule has 0 fully saturated rings. The number of rotatable bonds is 4. The number of methoxy groups -OCH3 is 2. The Morgan fingerprint density at radius 3 is 2.58 bits per heavy atom. The number of hydrogen-bond acceptors (Lipinski definition) is 4. The van der Waals surface area contributed by atoms with Crippen LogP contribution in [0.4, 0.5) is 0 Å². The number of imidazole rings is 1. The number of nitrogens with zero attached hydrogens (tertiary/aromatic N) is 2. The van der Waals surface area contributed by atoms with Gasteiger partial charge in [-0.2, -0.15) is 0 Å². The SMILES string of the molecule is COc1cc(C)c(-c2ncn(C)c2CN)c(OC)c1. The molecule has 0 atom stereocenters. The van der Waals surface area contributed by atoms with Crippen LogP contribution in [0.15, 0.2) is 18.5 Å². The first kappa shape index (κ1) is 13.4. The first-order chi connectivity index (χ1) is 9.12. The Hall–Kier alpha value is -2.01. The number of aromatic nitrogens is 2. The van der Waals surface area contributed by atoms with Gasteiger partial charge in [-0.15, -0.1) is 0 Å². The average Bonchev–Trinajstić information content (AvgIpc) is 2.78. The normalized spacial score (nSPS) is 10.6. The van der Waals surface area contributed by atoms with Crippen molar-refractivity contribution in [3.8, 4) is 22.8 Å². The minimum atomic E-state index is 0.431. The van der Waals surface area contributed by atoms with Crippen molar-refractivity contribution in [1.82, 2.24) is 9.55 Å². The summed E-state index contributed by atoms with van der Waals surface area (Å²) in [6.07, 6.45) is 1.76. The standard InChI is InChI=1S/C14H19N3O2/c1-9-5-10(18-3)6-12(19-4)13(9)14-11(7-15)17(2)8-16-14/h5-6,8H,7,15H2,1-4H3. The molecule has 0 unspecified atom stereocenters. The number of hydrogen-bond donors (Lipinski definition) is 1. The molecule has 5 nitrogen and oxygen atoms in total. The second-order valence-electron chi connectivity index (χ2n) is 4.38. The van der Waals surface area contributed by atoms with Gasteiger partial charge in [-0.05, 0) is 18.6 Å². The third kappa shape index (κ3) is 2.29.